The summed E-state index contributed by atoms with van der Waals surface area (Å²) in [6.07, 6.45) is 0. The Kier molecular flexibility index (Phi) is 5.93. The lowest BCUT2D eigenvalue weighted by Gasteiger charge is -2.36. The summed E-state index contributed by atoms with van der Waals surface area (Å²) in [4.78, 5) is 26.8. The van der Waals surface area contributed by atoms with E-state index in [1.165, 1.54) is 29.2 Å². The Labute approximate surface area is 164 Å². The number of ether oxygens (including phenoxy) is 1. The van der Waals surface area contributed by atoms with E-state index in [2.05, 4.69) is 4.74 Å². The van der Waals surface area contributed by atoms with Crippen LogP contribution in [0.5, 0.6) is 5.75 Å². The van der Waals surface area contributed by atoms with Crippen molar-refractivity contribution in [2.75, 3.05) is 31.1 Å². The van der Waals surface area contributed by atoms with Crippen LogP contribution in [0.4, 0.5) is 20.2 Å². The number of hydrogen-bond donors (Lipinski definition) is 0. The van der Waals surface area contributed by atoms with Crippen molar-refractivity contribution in [3.05, 3.63) is 63.2 Å². The third-order valence-electron chi connectivity index (χ3n) is 4.38. The molecule has 1 amide bonds. The van der Waals surface area contributed by atoms with Crippen LogP contribution in [0.25, 0.3) is 0 Å². The van der Waals surface area contributed by atoms with E-state index < -0.39 is 17.4 Å². The van der Waals surface area contributed by atoms with Crippen LogP contribution in [0, 0.1) is 10.1 Å². The molecule has 1 heterocycles. The maximum absolute atomic E-state index is 12.7. The van der Waals surface area contributed by atoms with E-state index in [-0.39, 0.29) is 35.1 Å². The van der Waals surface area contributed by atoms with Crippen molar-refractivity contribution >= 4 is 28.9 Å². The molecule has 0 radical (unpaired) electrons. The largest absolute Gasteiger partial charge is 0.434 e. The number of halogens is 3. The smallest absolute Gasteiger partial charge is 0.387 e. The van der Waals surface area contributed by atoms with Gasteiger partial charge in [0.25, 0.3) is 11.6 Å². The molecule has 0 spiro atoms. The van der Waals surface area contributed by atoms with Gasteiger partial charge in [-0.25, -0.2) is 0 Å². The molecular formula is C18H16ClF2N3O4. The van der Waals surface area contributed by atoms with Crippen molar-refractivity contribution in [3.8, 4) is 5.75 Å². The molecular weight excluding hydrogens is 396 g/mol. The molecule has 0 bridgehead atoms. The number of hydrogen-bond acceptors (Lipinski definition) is 5. The molecule has 1 saturated heterocycles. The first-order valence-electron chi connectivity index (χ1n) is 8.39. The third kappa shape index (κ3) is 4.30. The summed E-state index contributed by atoms with van der Waals surface area (Å²) in [7, 11) is 0. The van der Waals surface area contributed by atoms with Crippen molar-refractivity contribution in [2.45, 2.75) is 6.61 Å². The summed E-state index contributed by atoms with van der Waals surface area (Å²) < 4.78 is 29.5. The fourth-order valence-electron chi connectivity index (χ4n) is 3.07. The Morgan fingerprint density at radius 3 is 2.46 bits per heavy atom. The summed E-state index contributed by atoms with van der Waals surface area (Å²) in [5, 5.41) is 11.5. The number of carbonyl (C=O) groups is 1. The molecule has 1 aliphatic heterocycles. The Bertz CT molecular complexity index is 889. The fourth-order valence-corrected chi connectivity index (χ4v) is 3.24. The molecule has 28 heavy (non-hydrogen) atoms. The molecule has 7 nitrogen and oxygen atoms in total. The van der Waals surface area contributed by atoms with Crippen LogP contribution in [0.3, 0.4) is 0 Å². The van der Waals surface area contributed by atoms with Crippen molar-refractivity contribution < 1.29 is 23.2 Å². The van der Waals surface area contributed by atoms with Crippen LogP contribution in [-0.2, 0) is 0 Å². The standard InChI is InChI=1S/C18H16ClF2N3O4/c19-12-5-6-14(15(11-12)24(26)27)22-7-9-23(10-8-22)17(25)13-3-1-2-4-16(13)28-18(20)21/h1-6,11,18H,7-10H2. The summed E-state index contributed by atoms with van der Waals surface area (Å²) in [5.74, 6) is -0.611. The van der Waals surface area contributed by atoms with Crippen molar-refractivity contribution in [1.29, 1.82) is 0 Å². The zero-order valence-corrected chi connectivity index (χ0v) is 15.3. The minimum atomic E-state index is -3.03. The second-order valence-corrected chi connectivity index (χ2v) is 6.48. The van der Waals surface area contributed by atoms with Gasteiger partial charge in [0.1, 0.15) is 11.4 Å². The van der Waals surface area contributed by atoms with E-state index in [4.69, 9.17) is 11.6 Å². The zero-order chi connectivity index (χ0) is 20.3. The van der Waals surface area contributed by atoms with Crippen molar-refractivity contribution in [2.24, 2.45) is 0 Å². The number of nitrogens with zero attached hydrogens (tertiary/aromatic N) is 3. The van der Waals surface area contributed by atoms with Gasteiger partial charge >= 0.3 is 6.61 Å². The highest BCUT2D eigenvalue weighted by Crippen LogP contribution is 2.32. The lowest BCUT2D eigenvalue weighted by atomic mass is 10.1. The molecule has 2 aromatic carbocycles. The Hall–Kier alpha value is -2.94. The summed E-state index contributed by atoms with van der Waals surface area (Å²) >= 11 is 5.84. The van der Waals surface area contributed by atoms with Gasteiger partial charge in [0.2, 0.25) is 0 Å². The van der Waals surface area contributed by atoms with Gasteiger partial charge in [0.05, 0.1) is 10.5 Å². The Balaban J connectivity index is 1.73. The minimum Gasteiger partial charge on any atom is -0.434 e. The van der Waals surface area contributed by atoms with E-state index in [0.717, 1.165) is 0 Å². The number of amides is 1. The van der Waals surface area contributed by atoms with Crippen LogP contribution in [0.2, 0.25) is 5.02 Å². The average molecular weight is 412 g/mol. The summed E-state index contributed by atoms with van der Waals surface area (Å²) in [5.41, 5.74) is 0.361. The van der Waals surface area contributed by atoms with Gasteiger partial charge in [-0.2, -0.15) is 8.78 Å². The van der Waals surface area contributed by atoms with Crippen LogP contribution in [0.15, 0.2) is 42.5 Å². The molecule has 1 aliphatic rings. The Morgan fingerprint density at radius 2 is 1.82 bits per heavy atom. The third-order valence-corrected chi connectivity index (χ3v) is 4.61. The lowest BCUT2D eigenvalue weighted by Crippen LogP contribution is -2.49. The van der Waals surface area contributed by atoms with E-state index in [9.17, 15) is 23.7 Å². The number of alkyl halides is 2. The van der Waals surface area contributed by atoms with Gasteiger partial charge in [-0.1, -0.05) is 23.7 Å². The number of benzene rings is 2. The second-order valence-electron chi connectivity index (χ2n) is 6.04. The predicted octanol–water partition coefficient (Wildman–Crippen LogP) is 3.81. The predicted molar refractivity (Wildman–Crippen MR) is 99.3 cm³/mol. The first kappa shape index (κ1) is 19.8. The summed E-state index contributed by atoms with van der Waals surface area (Å²) in [6, 6.07) is 10.2. The van der Waals surface area contributed by atoms with Crippen LogP contribution < -0.4 is 9.64 Å². The quantitative estimate of drug-likeness (QED) is 0.552. The first-order valence-corrected chi connectivity index (χ1v) is 8.76. The van der Waals surface area contributed by atoms with Gasteiger partial charge in [0.15, 0.2) is 0 Å². The van der Waals surface area contributed by atoms with E-state index >= 15 is 0 Å². The molecule has 0 unspecified atom stereocenters. The van der Waals surface area contributed by atoms with Gasteiger partial charge in [-0.05, 0) is 24.3 Å². The average Bonchev–Trinajstić information content (AvgIpc) is 2.67. The van der Waals surface area contributed by atoms with Crippen LogP contribution in [-0.4, -0.2) is 48.5 Å². The number of rotatable bonds is 5. The molecule has 1 fully saturated rings. The Morgan fingerprint density at radius 1 is 1.14 bits per heavy atom. The summed E-state index contributed by atoms with van der Waals surface area (Å²) in [6.45, 7) is -1.77. The SMILES string of the molecule is O=C(c1ccccc1OC(F)F)N1CCN(c2ccc(Cl)cc2[N+](=O)[O-])CC1. The fraction of sp³-hybridized carbons (Fsp3) is 0.278. The van der Waals surface area contributed by atoms with Crippen LogP contribution in [0.1, 0.15) is 10.4 Å². The molecule has 0 N–H and O–H groups in total. The highest BCUT2D eigenvalue weighted by atomic mass is 35.5. The monoisotopic (exact) mass is 411 g/mol. The van der Waals surface area contributed by atoms with Crippen molar-refractivity contribution in [1.82, 2.24) is 4.90 Å². The molecule has 0 aromatic heterocycles. The lowest BCUT2D eigenvalue weighted by molar-refractivity contribution is -0.384. The molecule has 0 saturated carbocycles. The van der Waals surface area contributed by atoms with E-state index in [1.807, 2.05) is 0 Å². The normalized spacial score (nSPS) is 14.3. The number of nitro groups is 1. The minimum absolute atomic E-state index is 0.0497. The van der Waals surface area contributed by atoms with E-state index in [1.54, 1.807) is 23.1 Å². The molecule has 148 valence electrons. The highest BCUT2D eigenvalue weighted by molar-refractivity contribution is 6.30. The number of anilines is 1. The van der Waals surface area contributed by atoms with Gasteiger partial charge < -0.3 is 14.5 Å². The number of piperazine rings is 1. The molecule has 0 aliphatic carbocycles. The van der Waals surface area contributed by atoms with Crippen LogP contribution >= 0.6 is 11.6 Å². The maximum Gasteiger partial charge on any atom is 0.387 e. The van der Waals surface area contributed by atoms with Gasteiger partial charge in [-0.15, -0.1) is 0 Å². The molecule has 0 atom stereocenters. The number of nitro benzene ring substituents is 1. The van der Waals surface area contributed by atoms with Crippen molar-refractivity contribution in [3.63, 3.8) is 0 Å². The van der Waals surface area contributed by atoms with E-state index in [0.29, 0.717) is 18.8 Å². The number of carbonyl (C=O) groups excluding carboxylic acids is 1. The first-order chi connectivity index (χ1) is 13.4. The zero-order valence-electron chi connectivity index (χ0n) is 14.6. The second kappa shape index (κ2) is 8.39. The highest BCUT2D eigenvalue weighted by Gasteiger charge is 2.28. The molecule has 2 aromatic rings. The molecule has 10 heteroatoms. The topological polar surface area (TPSA) is 75.9 Å². The number of para-hydroxylation sites is 1. The molecule has 3 rings (SSSR count). The van der Waals surface area contributed by atoms with Gasteiger partial charge in [-0.3, -0.25) is 14.9 Å². The maximum atomic E-state index is 12.7. The van der Waals surface area contributed by atoms with Gasteiger partial charge in [0, 0.05) is 37.3 Å².